The van der Waals surface area contributed by atoms with Gasteiger partial charge in [-0.1, -0.05) is 97.0 Å². The Hall–Kier alpha value is -4.52. The molecule has 1 amide bonds. The van der Waals surface area contributed by atoms with Crippen molar-refractivity contribution in [3.05, 3.63) is 114 Å². The van der Waals surface area contributed by atoms with E-state index in [1.165, 1.54) is 11.1 Å². The highest BCUT2D eigenvalue weighted by Crippen LogP contribution is 2.23. The largest absolute Gasteiger partial charge is 0.352 e. The zero-order valence-electron chi connectivity index (χ0n) is 20.8. The van der Waals surface area contributed by atoms with Gasteiger partial charge in [-0.15, -0.1) is 0 Å². The third-order valence-corrected chi connectivity index (χ3v) is 6.20. The monoisotopic (exact) mass is 491 g/mol. The van der Waals surface area contributed by atoms with Gasteiger partial charge in [0.15, 0.2) is 0 Å². The molecule has 1 N–H and O–H groups in total. The van der Waals surface area contributed by atoms with Gasteiger partial charge in [-0.3, -0.25) is 9.48 Å². The molecule has 0 bridgehead atoms. The molecule has 0 saturated heterocycles. The average Bonchev–Trinajstić information content (AvgIpc) is 3.59. The topological polar surface area (TPSA) is 85.8 Å². The van der Waals surface area contributed by atoms with E-state index >= 15 is 0 Å². The number of amides is 1. The van der Waals surface area contributed by atoms with E-state index in [2.05, 4.69) is 46.6 Å². The van der Waals surface area contributed by atoms with E-state index in [-0.39, 0.29) is 12.3 Å². The maximum Gasteiger partial charge on any atom is 0.227 e. The minimum absolute atomic E-state index is 0.0816. The van der Waals surface area contributed by atoms with Gasteiger partial charge in [-0.2, -0.15) is 10.1 Å². The van der Waals surface area contributed by atoms with Crippen LogP contribution in [0.15, 0.2) is 95.6 Å². The van der Waals surface area contributed by atoms with Crippen LogP contribution in [0.4, 0.5) is 0 Å². The van der Waals surface area contributed by atoms with Crippen LogP contribution >= 0.6 is 0 Å². The van der Waals surface area contributed by atoms with Crippen LogP contribution < -0.4 is 5.32 Å². The summed E-state index contributed by atoms with van der Waals surface area (Å²) in [5.74, 6) is 0.906. The van der Waals surface area contributed by atoms with Crippen molar-refractivity contribution in [1.29, 1.82) is 0 Å². The number of benzene rings is 3. The van der Waals surface area contributed by atoms with Gasteiger partial charge in [0.25, 0.3) is 0 Å². The van der Waals surface area contributed by atoms with Crippen LogP contribution in [0.2, 0.25) is 0 Å². The summed E-state index contributed by atoms with van der Waals surface area (Å²) >= 11 is 0. The second-order valence-corrected chi connectivity index (χ2v) is 8.89. The molecule has 7 nitrogen and oxygen atoms in total. The quantitative estimate of drug-likeness (QED) is 0.280. The number of aromatic nitrogens is 4. The molecule has 2 aromatic heterocycles. The molecular formula is C30H29N5O2. The summed E-state index contributed by atoms with van der Waals surface area (Å²) in [6.07, 6.45) is 3.62. The van der Waals surface area contributed by atoms with Gasteiger partial charge in [0.1, 0.15) is 0 Å². The number of nitrogens with one attached hydrogen (secondary N) is 1. The molecule has 0 aliphatic rings. The van der Waals surface area contributed by atoms with Crippen LogP contribution in [0.25, 0.3) is 22.6 Å². The van der Waals surface area contributed by atoms with E-state index < -0.39 is 0 Å². The minimum atomic E-state index is -0.0816. The Morgan fingerprint density at radius 2 is 1.62 bits per heavy atom. The summed E-state index contributed by atoms with van der Waals surface area (Å²) in [4.78, 5) is 17.1. The molecule has 37 heavy (non-hydrogen) atoms. The number of hydrogen-bond donors (Lipinski definition) is 1. The predicted octanol–water partition coefficient (Wildman–Crippen LogP) is 5.46. The van der Waals surface area contributed by atoms with Gasteiger partial charge in [0.2, 0.25) is 17.6 Å². The van der Waals surface area contributed by atoms with E-state index in [1.54, 1.807) is 0 Å². The van der Waals surface area contributed by atoms with Crippen molar-refractivity contribution in [2.24, 2.45) is 0 Å². The number of carbonyl (C=O) groups excluding carboxylic acids is 1. The van der Waals surface area contributed by atoms with Crippen molar-refractivity contribution in [2.75, 3.05) is 0 Å². The highest BCUT2D eigenvalue weighted by atomic mass is 16.5. The lowest BCUT2D eigenvalue weighted by atomic mass is 10.1. The molecule has 0 aliphatic carbocycles. The van der Waals surface area contributed by atoms with Crippen LogP contribution in [-0.2, 0) is 30.7 Å². The van der Waals surface area contributed by atoms with E-state index in [0.717, 1.165) is 28.8 Å². The van der Waals surface area contributed by atoms with Crippen molar-refractivity contribution >= 4 is 5.91 Å². The van der Waals surface area contributed by atoms with Crippen LogP contribution in [-0.4, -0.2) is 25.8 Å². The number of nitrogens with zero attached hydrogens (tertiary/aromatic N) is 4. The van der Waals surface area contributed by atoms with Gasteiger partial charge in [-0.25, -0.2) is 0 Å². The van der Waals surface area contributed by atoms with Crippen molar-refractivity contribution in [1.82, 2.24) is 25.2 Å². The SMILES string of the molecule is CCc1ccc(-c2noc(CCC(=O)NCc3cn(Cc4ccccc4)nc3-c3ccccc3)n2)cc1. The lowest BCUT2D eigenvalue weighted by Crippen LogP contribution is -2.23. The van der Waals surface area contributed by atoms with Crippen LogP contribution in [0.1, 0.15) is 35.9 Å². The van der Waals surface area contributed by atoms with Gasteiger partial charge in [-0.05, 0) is 17.5 Å². The number of carbonyl (C=O) groups is 1. The lowest BCUT2D eigenvalue weighted by molar-refractivity contribution is -0.121. The second kappa shape index (κ2) is 11.5. The summed E-state index contributed by atoms with van der Waals surface area (Å²) in [6, 6.07) is 28.3. The first-order valence-electron chi connectivity index (χ1n) is 12.5. The number of rotatable bonds is 10. The summed E-state index contributed by atoms with van der Waals surface area (Å²) < 4.78 is 7.29. The van der Waals surface area contributed by atoms with Crippen LogP contribution in [0, 0.1) is 0 Å². The van der Waals surface area contributed by atoms with Crippen LogP contribution in [0.5, 0.6) is 0 Å². The first-order valence-corrected chi connectivity index (χ1v) is 12.5. The Morgan fingerprint density at radius 3 is 2.35 bits per heavy atom. The molecule has 0 atom stereocenters. The second-order valence-electron chi connectivity index (χ2n) is 8.89. The van der Waals surface area contributed by atoms with E-state index in [4.69, 9.17) is 9.62 Å². The summed E-state index contributed by atoms with van der Waals surface area (Å²) in [7, 11) is 0. The third kappa shape index (κ3) is 6.19. The summed E-state index contributed by atoms with van der Waals surface area (Å²) in [5.41, 5.74) is 6.17. The molecule has 186 valence electrons. The molecular weight excluding hydrogens is 462 g/mol. The lowest BCUT2D eigenvalue weighted by Gasteiger charge is -2.05. The smallest absolute Gasteiger partial charge is 0.227 e. The number of hydrogen-bond acceptors (Lipinski definition) is 5. The summed E-state index contributed by atoms with van der Waals surface area (Å²) in [6.45, 7) is 3.16. The molecule has 2 heterocycles. The van der Waals surface area contributed by atoms with Crippen LogP contribution in [0.3, 0.4) is 0 Å². The Labute approximate surface area is 216 Å². The fourth-order valence-electron chi connectivity index (χ4n) is 4.15. The Morgan fingerprint density at radius 1 is 0.892 bits per heavy atom. The predicted molar refractivity (Wildman–Crippen MR) is 142 cm³/mol. The third-order valence-electron chi connectivity index (χ3n) is 6.20. The van der Waals surface area contributed by atoms with E-state index in [9.17, 15) is 4.79 Å². The summed E-state index contributed by atoms with van der Waals surface area (Å²) in [5, 5.41) is 11.9. The fraction of sp³-hybridized carbons (Fsp3) is 0.200. The first-order chi connectivity index (χ1) is 18.2. The molecule has 0 radical (unpaired) electrons. The van der Waals surface area contributed by atoms with Crippen molar-refractivity contribution in [2.45, 2.75) is 39.3 Å². The van der Waals surface area contributed by atoms with Gasteiger partial charge in [0.05, 0.1) is 12.2 Å². The zero-order chi connectivity index (χ0) is 25.5. The normalized spacial score (nSPS) is 10.9. The molecule has 5 rings (SSSR count). The average molecular weight is 492 g/mol. The Bertz CT molecular complexity index is 1440. The molecule has 5 aromatic rings. The Balaban J connectivity index is 1.21. The Kier molecular flexibility index (Phi) is 7.50. The maximum atomic E-state index is 12.7. The molecule has 0 spiro atoms. The molecule has 0 aliphatic heterocycles. The van der Waals surface area contributed by atoms with Gasteiger partial charge in [0, 0.05) is 42.3 Å². The standard InChI is InChI=1S/C30H29N5O2/c1-2-22-13-15-25(16-14-22)30-32-28(37-34-30)18-17-27(36)31-19-26-21-35(20-23-9-5-3-6-10-23)33-29(26)24-11-7-4-8-12-24/h3-16,21H,2,17-20H2,1H3,(H,31,36). The van der Waals surface area contributed by atoms with E-state index in [0.29, 0.717) is 31.2 Å². The van der Waals surface area contributed by atoms with Crippen molar-refractivity contribution in [3.63, 3.8) is 0 Å². The zero-order valence-corrected chi connectivity index (χ0v) is 20.8. The highest BCUT2D eigenvalue weighted by molar-refractivity contribution is 5.76. The van der Waals surface area contributed by atoms with Crippen molar-refractivity contribution < 1.29 is 9.32 Å². The van der Waals surface area contributed by atoms with E-state index in [1.807, 2.05) is 71.5 Å². The molecule has 0 unspecified atom stereocenters. The first kappa shape index (κ1) is 24.2. The van der Waals surface area contributed by atoms with Gasteiger partial charge >= 0.3 is 0 Å². The van der Waals surface area contributed by atoms with Gasteiger partial charge < -0.3 is 9.84 Å². The molecule has 3 aromatic carbocycles. The highest BCUT2D eigenvalue weighted by Gasteiger charge is 2.14. The minimum Gasteiger partial charge on any atom is -0.352 e. The molecule has 0 saturated carbocycles. The maximum absolute atomic E-state index is 12.7. The fourth-order valence-corrected chi connectivity index (χ4v) is 4.15. The molecule has 0 fully saturated rings. The number of aryl methyl sites for hydroxylation is 2. The van der Waals surface area contributed by atoms with Crippen molar-refractivity contribution in [3.8, 4) is 22.6 Å². The molecule has 7 heteroatoms.